The molecule has 0 aromatic carbocycles. The van der Waals surface area contributed by atoms with Gasteiger partial charge < -0.3 is 15.3 Å². The quantitative estimate of drug-likeness (QED) is 0.609. The monoisotopic (exact) mass is 321 g/mol. The minimum absolute atomic E-state index is 0.148. The predicted molar refractivity (Wildman–Crippen MR) is 87.1 cm³/mol. The Balaban J connectivity index is 2.17. The third-order valence-corrected chi connectivity index (χ3v) is 3.41. The van der Waals surface area contributed by atoms with Crippen molar-refractivity contribution in [1.82, 2.24) is 0 Å². The fourth-order valence-corrected chi connectivity index (χ4v) is 2.14. The standard InChI is InChI=1S/C17H23NO5/c18-17(22)14-12-23-13(11-15(14)19)9-7-5-3-1-2-4-6-8-10-16(20)21/h7,9,11-12H,1-6,8,10H2,(H2,18,22)(H,20,21)/b9-7+. The van der Waals surface area contributed by atoms with Crippen LogP contribution in [-0.2, 0) is 4.79 Å². The van der Waals surface area contributed by atoms with Crippen molar-refractivity contribution in [3.8, 4) is 0 Å². The number of hydrogen-bond donors (Lipinski definition) is 2. The Hall–Kier alpha value is -2.37. The molecular weight excluding hydrogens is 298 g/mol. The number of carbonyl (C=O) groups excluding carboxylic acids is 1. The van der Waals surface area contributed by atoms with Crippen molar-refractivity contribution in [2.75, 3.05) is 0 Å². The summed E-state index contributed by atoms with van der Waals surface area (Å²) < 4.78 is 5.16. The minimum atomic E-state index is -0.794. The highest BCUT2D eigenvalue weighted by Crippen LogP contribution is 2.10. The van der Waals surface area contributed by atoms with Crippen LogP contribution in [0, 0.1) is 0 Å². The van der Waals surface area contributed by atoms with Gasteiger partial charge in [-0.15, -0.1) is 0 Å². The van der Waals surface area contributed by atoms with Gasteiger partial charge in [0.2, 0.25) is 0 Å². The molecule has 0 aliphatic carbocycles. The van der Waals surface area contributed by atoms with E-state index >= 15 is 0 Å². The molecule has 23 heavy (non-hydrogen) atoms. The van der Waals surface area contributed by atoms with Crippen LogP contribution in [0.2, 0.25) is 0 Å². The first-order valence-corrected chi connectivity index (χ1v) is 7.81. The number of nitrogens with two attached hydrogens (primary N) is 1. The topological polar surface area (TPSA) is 111 Å². The summed E-state index contributed by atoms with van der Waals surface area (Å²) in [7, 11) is 0. The van der Waals surface area contributed by atoms with Crippen molar-refractivity contribution in [1.29, 1.82) is 0 Å². The number of carboxylic acids is 1. The second kappa shape index (κ2) is 10.4. The fraction of sp³-hybridized carbons (Fsp3) is 0.471. The van der Waals surface area contributed by atoms with E-state index in [1.165, 1.54) is 6.07 Å². The van der Waals surface area contributed by atoms with Gasteiger partial charge >= 0.3 is 5.97 Å². The van der Waals surface area contributed by atoms with Crippen LogP contribution in [0.4, 0.5) is 0 Å². The maximum Gasteiger partial charge on any atom is 0.303 e. The summed E-state index contributed by atoms with van der Waals surface area (Å²) in [5.41, 5.74) is 4.44. The van der Waals surface area contributed by atoms with Crippen molar-refractivity contribution in [2.45, 2.75) is 51.4 Å². The van der Waals surface area contributed by atoms with Gasteiger partial charge in [-0.05, 0) is 25.3 Å². The Morgan fingerprint density at radius 3 is 2.39 bits per heavy atom. The van der Waals surface area contributed by atoms with Crippen molar-refractivity contribution in [2.24, 2.45) is 5.73 Å². The molecule has 3 N–H and O–H groups in total. The van der Waals surface area contributed by atoms with Crippen LogP contribution >= 0.6 is 0 Å². The lowest BCUT2D eigenvalue weighted by atomic mass is 10.1. The summed E-state index contributed by atoms with van der Waals surface area (Å²) in [6.07, 6.45) is 11.8. The van der Waals surface area contributed by atoms with Gasteiger partial charge in [-0.25, -0.2) is 0 Å². The van der Waals surface area contributed by atoms with Gasteiger partial charge in [0.1, 0.15) is 17.6 Å². The molecule has 1 aromatic rings. The summed E-state index contributed by atoms with van der Waals surface area (Å²) in [5, 5.41) is 8.51. The van der Waals surface area contributed by atoms with E-state index in [1.54, 1.807) is 6.08 Å². The molecule has 0 saturated carbocycles. The molecule has 0 spiro atoms. The first-order valence-electron chi connectivity index (χ1n) is 7.81. The molecule has 0 atom stereocenters. The van der Waals surface area contributed by atoms with Crippen LogP contribution in [0.3, 0.4) is 0 Å². The lowest BCUT2D eigenvalue weighted by molar-refractivity contribution is -0.137. The Labute approximate surface area is 135 Å². The van der Waals surface area contributed by atoms with Crippen LogP contribution in [0.15, 0.2) is 27.6 Å². The number of aliphatic carboxylic acids is 1. The number of hydrogen-bond acceptors (Lipinski definition) is 4. The molecule has 0 fully saturated rings. The normalized spacial score (nSPS) is 11.0. The Bertz CT molecular complexity index is 603. The van der Waals surface area contributed by atoms with Crippen LogP contribution < -0.4 is 11.2 Å². The SMILES string of the molecule is NC(=O)c1coc(/C=C/CCCCCCCCC(=O)O)cc1=O. The molecule has 6 nitrogen and oxygen atoms in total. The first-order chi connectivity index (χ1) is 11.0. The van der Waals surface area contributed by atoms with Crippen molar-refractivity contribution < 1.29 is 19.1 Å². The smallest absolute Gasteiger partial charge is 0.303 e. The van der Waals surface area contributed by atoms with E-state index in [1.807, 2.05) is 6.08 Å². The molecule has 1 aromatic heterocycles. The Kier molecular flexibility index (Phi) is 8.42. The average Bonchev–Trinajstić information content (AvgIpc) is 2.48. The molecule has 0 aliphatic heterocycles. The summed E-state index contributed by atoms with van der Waals surface area (Å²) in [6, 6.07) is 1.25. The van der Waals surface area contributed by atoms with E-state index in [9.17, 15) is 14.4 Å². The summed E-state index contributed by atoms with van der Waals surface area (Å²) in [5.74, 6) is -1.13. The highest BCUT2D eigenvalue weighted by molar-refractivity contribution is 5.92. The van der Waals surface area contributed by atoms with Crippen molar-refractivity contribution >= 4 is 18.0 Å². The van der Waals surface area contributed by atoms with E-state index in [2.05, 4.69) is 0 Å². The Morgan fingerprint density at radius 2 is 1.78 bits per heavy atom. The number of carboxylic acid groups (broad SMARTS) is 1. The Morgan fingerprint density at radius 1 is 1.13 bits per heavy atom. The summed E-state index contributed by atoms with van der Waals surface area (Å²) >= 11 is 0. The molecule has 1 heterocycles. The predicted octanol–water partition coefficient (Wildman–Crippen LogP) is 2.96. The van der Waals surface area contributed by atoms with Crippen LogP contribution in [0.1, 0.15) is 67.5 Å². The second-order valence-corrected chi connectivity index (χ2v) is 5.38. The van der Waals surface area contributed by atoms with Gasteiger partial charge in [0.25, 0.3) is 5.91 Å². The second-order valence-electron chi connectivity index (χ2n) is 5.38. The number of amides is 1. The van der Waals surface area contributed by atoms with E-state index in [0.717, 1.165) is 51.2 Å². The molecule has 0 radical (unpaired) electrons. The van der Waals surface area contributed by atoms with Gasteiger partial charge in [-0.2, -0.15) is 0 Å². The number of allylic oxidation sites excluding steroid dienone is 1. The zero-order valence-corrected chi connectivity index (χ0v) is 13.1. The molecule has 6 heteroatoms. The van der Waals surface area contributed by atoms with Gasteiger partial charge in [-0.1, -0.05) is 31.8 Å². The zero-order chi connectivity index (χ0) is 17.1. The number of unbranched alkanes of at least 4 members (excludes halogenated alkanes) is 6. The van der Waals surface area contributed by atoms with Crippen LogP contribution in [0.5, 0.6) is 0 Å². The highest BCUT2D eigenvalue weighted by Gasteiger charge is 2.06. The maximum absolute atomic E-state index is 11.6. The van der Waals surface area contributed by atoms with E-state index in [4.69, 9.17) is 15.3 Å². The van der Waals surface area contributed by atoms with E-state index < -0.39 is 17.3 Å². The first kappa shape index (κ1) is 18.7. The van der Waals surface area contributed by atoms with E-state index in [-0.39, 0.29) is 12.0 Å². The maximum atomic E-state index is 11.6. The third kappa shape index (κ3) is 7.99. The number of carbonyl (C=O) groups is 2. The molecule has 0 bridgehead atoms. The number of rotatable bonds is 11. The molecule has 0 saturated heterocycles. The fourth-order valence-electron chi connectivity index (χ4n) is 2.14. The van der Waals surface area contributed by atoms with Crippen molar-refractivity contribution in [3.63, 3.8) is 0 Å². The van der Waals surface area contributed by atoms with Gasteiger partial charge in [-0.3, -0.25) is 14.4 Å². The van der Waals surface area contributed by atoms with Gasteiger partial charge in [0.15, 0.2) is 5.43 Å². The molecule has 1 amide bonds. The third-order valence-electron chi connectivity index (χ3n) is 3.41. The largest absolute Gasteiger partial charge is 0.481 e. The van der Waals surface area contributed by atoms with Crippen LogP contribution in [0.25, 0.3) is 6.08 Å². The lowest BCUT2D eigenvalue weighted by Gasteiger charge is -1.99. The van der Waals surface area contributed by atoms with Gasteiger partial charge in [0.05, 0.1) is 0 Å². The summed E-state index contributed by atoms with van der Waals surface area (Å²) in [6.45, 7) is 0. The average molecular weight is 321 g/mol. The molecule has 0 unspecified atom stereocenters. The molecule has 0 aliphatic rings. The van der Waals surface area contributed by atoms with E-state index in [0.29, 0.717) is 5.76 Å². The molecule has 126 valence electrons. The van der Waals surface area contributed by atoms with Crippen LogP contribution in [-0.4, -0.2) is 17.0 Å². The molecular formula is C17H23NO5. The lowest BCUT2D eigenvalue weighted by Crippen LogP contribution is -2.20. The minimum Gasteiger partial charge on any atom is -0.481 e. The number of primary amides is 1. The van der Waals surface area contributed by atoms with Gasteiger partial charge in [0, 0.05) is 12.5 Å². The molecule has 1 rings (SSSR count). The zero-order valence-electron chi connectivity index (χ0n) is 13.1. The summed E-state index contributed by atoms with van der Waals surface area (Å²) in [4.78, 5) is 32.8. The van der Waals surface area contributed by atoms with Crippen molar-refractivity contribution in [3.05, 3.63) is 40.0 Å². The highest BCUT2D eigenvalue weighted by atomic mass is 16.4.